The summed E-state index contributed by atoms with van der Waals surface area (Å²) in [5.41, 5.74) is 5.35. The number of carbonyl (C=O) groups is 2. The molecule has 0 radical (unpaired) electrons. The molecule has 2 aromatic heterocycles. The molecule has 1 fully saturated rings. The van der Waals surface area contributed by atoms with Crippen molar-refractivity contribution in [2.75, 3.05) is 6.61 Å². The van der Waals surface area contributed by atoms with Gasteiger partial charge in [-0.25, -0.2) is 14.6 Å². The average Bonchev–Trinajstić information content (AvgIpc) is 3.29. The number of carboxylic acids is 1. The molecule has 8 nitrogen and oxygen atoms in total. The number of rotatable bonds is 9. The fourth-order valence-corrected chi connectivity index (χ4v) is 6.42. The number of fused-ring (bicyclic) bond motifs is 1. The lowest BCUT2D eigenvalue weighted by molar-refractivity contribution is -0.139. The number of allylic oxidation sites excluding steroid dienone is 1. The van der Waals surface area contributed by atoms with Gasteiger partial charge >= 0.3 is 11.9 Å². The Balaban J connectivity index is 1.51. The lowest BCUT2D eigenvalue weighted by Gasteiger charge is -2.31. The molecule has 2 aliphatic rings. The molecule has 0 spiro atoms. The van der Waals surface area contributed by atoms with Gasteiger partial charge in [-0.05, 0) is 56.9 Å². The number of aromatic nitrogens is 3. The van der Waals surface area contributed by atoms with Gasteiger partial charge in [0, 0.05) is 23.5 Å². The van der Waals surface area contributed by atoms with E-state index in [1.807, 2.05) is 37.3 Å². The van der Waals surface area contributed by atoms with Gasteiger partial charge in [-0.2, -0.15) is 0 Å². The van der Waals surface area contributed by atoms with E-state index < -0.39 is 17.9 Å². The van der Waals surface area contributed by atoms with Crippen molar-refractivity contribution in [3.8, 4) is 5.69 Å². The van der Waals surface area contributed by atoms with E-state index in [1.165, 1.54) is 32.1 Å². The zero-order valence-corrected chi connectivity index (χ0v) is 23.6. The molecule has 1 atom stereocenters. The van der Waals surface area contributed by atoms with E-state index in [9.17, 15) is 14.7 Å². The Morgan fingerprint density at radius 1 is 1.05 bits per heavy atom. The molecule has 1 saturated carbocycles. The first kappa shape index (κ1) is 27.6. The number of carboxylic acid groups (broad SMARTS) is 1. The number of nitrogens with zero attached hydrogens (tertiary/aromatic N) is 3. The third-order valence-electron chi connectivity index (χ3n) is 8.28. The van der Waals surface area contributed by atoms with Gasteiger partial charge in [0.25, 0.3) is 0 Å². The molecule has 8 heteroatoms. The average molecular weight is 543 g/mol. The highest BCUT2D eigenvalue weighted by atomic mass is 16.5. The second kappa shape index (κ2) is 12.1. The fraction of sp³-hybridized carbons (Fsp3) is 0.438. The van der Waals surface area contributed by atoms with Crippen LogP contribution in [-0.2, 0) is 14.3 Å². The number of carbonyl (C=O) groups excluding carboxylic acids is 1. The molecule has 0 bridgehead atoms. The van der Waals surface area contributed by atoms with Gasteiger partial charge in [0.05, 0.1) is 35.2 Å². The molecule has 1 aliphatic carbocycles. The Kier molecular flexibility index (Phi) is 8.33. The molecule has 210 valence electrons. The number of esters is 1. The van der Waals surface area contributed by atoms with Gasteiger partial charge in [0.2, 0.25) is 0 Å². The first-order valence-corrected chi connectivity index (χ1v) is 14.4. The lowest BCUT2D eigenvalue weighted by atomic mass is 9.79. The smallest absolute Gasteiger partial charge is 0.336 e. The molecule has 3 aromatic rings. The predicted molar refractivity (Wildman–Crippen MR) is 155 cm³/mol. The normalized spacial score (nSPS) is 18.2. The van der Waals surface area contributed by atoms with Crippen LogP contribution in [0.2, 0.25) is 0 Å². The van der Waals surface area contributed by atoms with Crippen molar-refractivity contribution in [3.05, 3.63) is 71.0 Å². The van der Waals surface area contributed by atoms with E-state index in [0.29, 0.717) is 29.3 Å². The summed E-state index contributed by atoms with van der Waals surface area (Å²) in [6.45, 7) is 5.73. The number of pyridine rings is 1. The number of hydrogen-bond donors (Lipinski definition) is 2. The largest absolute Gasteiger partial charge is 0.478 e. The third kappa shape index (κ3) is 5.53. The summed E-state index contributed by atoms with van der Waals surface area (Å²) < 4.78 is 7.57. The van der Waals surface area contributed by atoms with Crippen LogP contribution in [0.1, 0.15) is 76.6 Å². The van der Waals surface area contributed by atoms with E-state index in [1.54, 1.807) is 26.2 Å². The number of benzene rings is 1. The summed E-state index contributed by atoms with van der Waals surface area (Å²) in [6.07, 6.45) is 12.4. The molecule has 1 unspecified atom stereocenters. The molecule has 1 aliphatic heterocycles. The molecule has 5 rings (SSSR count). The number of ether oxygens (including phenoxy) is 1. The molecule has 0 saturated heterocycles. The van der Waals surface area contributed by atoms with Crippen molar-refractivity contribution in [1.29, 1.82) is 0 Å². The number of nitrogens with one attached hydrogen (secondary N) is 1. The van der Waals surface area contributed by atoms with Gasteiger partial charge in [-0.1, -0.05) is 57.1 Å². The molecular formula is C32H38N4O4. The number of hydrogen-bond acceptors (Lipinski definition) is 6. The quantitative estimate of drug-likeness (QED) is 0.304. The number of aliphatic carboxylic acids is 1. The van der Waals surface area contributed by atoms with Crippen molar-refractivity contribution >= 4 is 28.7 Å². The standard InChI is InChI=1S/C32H38N4O4/c1-4-40-32(39)29-25(12-8-11-22-9-6-5-7-10-22)28(31(37)38)20(2)34-30(29)23-13-15-24(16-14-23)36-21(3)35-26-19-33-18-17-27(26)36/h13-19,22,25,34H,4-12H2,1-3H3,(H,37,38). The molecule has 1 aromatic carbocycles. The van der Waals surface area contributed by atoms with Crippen LogP contribution in [0.4, 0.5) is 0 Å². The van der Waals surface area contributed by atoms with Crippen LogP contribution in [-0.4, -0.2) is 38.2 Å². The Labute approximate surface area is 235 Å². The molecular weight excluding hydrogens is 504 g/mol. The Morgan fingerprint density at radius 2 is 1.80 bits per heavy atom. The van der Waals surface area contributed by atoms with Crippen molar-refractivity contribution in [3.63, 3.8) is 0 Å². The Bertz CT molecular complexity index is 1460. The summed E-state index contributed by atoms with van der Waals surface area (Å²) in [5.74, 6) is -0.466. The second-order valence-electron chi connectivity index (χ2n) is 10.9. The third-order valence-corrected chi connectivity index (χ3v) is 8.28. The van der Waals surface area contributed by atoms with Gasteiger partial charge in [0.1, 0.15) is 11.3 Å². The summed E-state index contributed by atoms with van der Waals surface area (Å²) in [6, 6.07) is 9.84. The van der Waals surface area contributed by atoms with Crippen LogP contribution in [0.3, 0.4) is 0 Å². The van der Waals surface area contributed by atoms with Crippen LogP contribution in [0.5, 0.6) is 0 Å². The molecule has 3 heterocycles. The topological polar surface area (TPSA) is 106 Å². The van der Waals surface area contributed by atoms with Gasteiger partial charge in [-0.15, -0.1) is 0 Å². The first-order valence-electron chi connectivity index (χ1n) is 14.4. The summed E-state index contributed by atoms with van der Waals surface area (Å²) >= 11 is 0. The minimum absolute atomic E-state index is 0.219. The number of imidazole rings is 1. The number of dihydropyridines is 1. The van der Waals surface area contributed by atoms with Crippen molar-refractivity contribution < 1.29 is 19.4 Å². The van der Waals surface area contributed by atoms with Crippen LogP contribution >= 0.6 is 0 Å². The van der Waals surface area contributed by atoms with E-state index in [2.05, 4.69) is 19.9 Å². The highest BCUT2D eigenvalue weighted by Crippen LogP contribution is 2.39. The minimum Gasteiger partial charge on any atom is -0.478 e. The molecule has 40 heavy (non-hydrogen) atoms. The highest BCUT2D eigenvalue weighted by molar-refractivity contribution is 6.03. The summed E-state index contributed by atoms with van der Waals surface area (Å²) in [4.78, 5) is 34.7. The maximum absolute atomic E-state index is 13.4. The zero-order valence-electron chi connectivity index (χ0n) is 23.6. The van der Waals surface area contributed by atoms with E-state index in [4.69, 9.17) is 4.74 Å². The maximum atomic E-state index is 13.4. The maximum Gasteiger partial charge on any atom is 0.336 e. The van der Waals surface area contributed by atoms with Gasteiger partial charge in [-0.3, -0.25) is 9.55 Å². The van der Waals surface area contributed by atoms with Crippen molar-refractivity contribution in [2.45, 2.75) is 72.1 Å². The predicted octanol–water partition coefficient (Wildman–Crippen LogP) is 6.33. The van der Waals surface area contributed by atoms with Crippen LogP contribution in [0.15, 0.2) is 59.6 Å². The van der Waals surface area contributed by atoms with Crippen molar-refractivity contribution in [1.82, 2.24) is 19.9 Å². The SMILES string of the molecule is CCOC(=O)C1=C(c2ccc(-n3c(C)nc4cnccc43)cc2)NC(C)=C(C(=O)O)C1CCCC1CCCCC1. The molecule has 0 amide bonds. The van der Waals surface area contributed by atoms with E-state index in [0.717, 1.165) is 41.0 Å². The van der Waals surface area contributed by atoms with Gasteiger partial charge in [0.15, 0.2) is 0 Å². The lowest BCUT2D eigenvalue weighted by Crippen LogP contribution is -2.33. The van der Waals surface area contributed by atoms with Crippen LogP contribution in [0, 0.1) is 18.8 Å². The zero-order chi connectivity index (χ0) is 28.2. The first-order chi connectivity index (χ1) is 19.4. The van der Waals surface area contributed by atoms with E-state index >= 15 is 0 Å². The van der Waals surface area contributed by atoms with E-state index in [-0.39, 0.29) is 12.2 Å². The monoisotopic (exact) mass is 542 g/mol. The summed E-state index contributed by atoms with van der Waals surface area (Å²) in [5, 5.41) is 13.5. The fourth-order valence-electron chi connectivity index (χ4n) is 6.42. The minimum atomic E-state index is -0.999. The second-order valence-corrected chi connectivity index (χ2v) is 10.9. The molecule has 2 N–H and O–H groups in total. The van der Waals surface area contributed by atoms with Crippen LogP contribution in [0.25, 0.3) is 22.4 Å². The highest BCUT2D eigenvalue weighted by Gasteiger charge is 2.37. The number of aryl methyl sites for hydroxylation is 1. The van der Waals surface area contributed by atoms with Gasteiger partial charge < -0.3 is 15.2 Å². The Hall–Kier alpha value is -3.94. The summed E-state index contributed by atoms with van der Waals surface area (Å²) in [7, 11) is 0. The van der Waals surface area contributed by atoms with Crippen LogP contribution < -0.4 is 5.32 Å². The Morgan fingerprint density at radius 3 is 2.50 bits per heavy atom. The van der Waals surface area contributed by atoms with Crippen molar-refractivity contribution in [2.24, 2.45) is 11.8 Å².